The average molecular weight is 294 g/mol. The summed E-state index contributed by atoms with van der Waals surface area (Å²) in [6.07, 6.45) is 6.50. The van der Waals surface area contributed by atoms with Gasteiger partial charge in [0.1, 0.15) is 0 Å². The van der Waals surface area contributed by atoms with Crippen LogP contribution in [-0.4, -0.2) is 23.4 Å². The van der Waals surface area contributed by atoms with Gasteiger partial charge in [-0.2, -0.15) is 0 Å². The van der Waals surface area contributed by atoms with Gasteiger partial charge >= 0.3 is 0 Å². The number of alkyl halides is 1. The predicted molar refractivity (Wildman–Crippen MR) is 60.0 cm³/mol. The van der Waals surface area contributed by atoms with Crippen molar-refractivity contribution in [1.82, 2.24) is 0 Å². The lowest BCUT2D eigenvalue weighted by atomic mass is 9.81. The van der Waals surface area contributed by atoms with Crippen molar-refractivity contribution in [2.45, 2.75) is 25.6 Å². The Labute approximate surface area is 92.8 Å². The largest absolute Gasteiger partial charge is 0.346 e. The average Bonchev–Trinajstić information content (AvgIpc) is 2.65. The van der Waals surface area contributed by atoms with E-state index < -0.39 is 0 Å². The molecule has 1 saturated heterocycles. The van der Waals surface area contributed by atoms with Crippen LogP contribution in [0.4, 0.5) is 0 Å². The molecule has 0 aromatic rings. The first kappa shape index (κ1) is 9.93. The first-order valence-corrected chi connectivity index (χ1v) is 6.27. The van der Waals surface area contributed by atoms with Gasteiger partial charge in [0.2, 0.25) is 0 Å². The van der Waals surface area contributed by atoms with Crippen molar-refractivity contribution in [3.8, 4) is 0 Å². The Bertz CT molecular complexity index is 221. The zero-order chi connectivity index (χ0) is 9.36. The minimum Gasteiger partial charge on any atom is -0.346 e. The molecule has 1 fully saturated rings. The molecule has 74 valence electrons. The summed E-state index contributed by atoms with van der Waals surface area (Å²) in [7, 11) is 0. The Balaban J connectivity index is 2.20. The van der Waals surface area contributed by atoms with E-state index in [0.29, 0.717) is 0 Å². The minimum absolute atomic E-state index is 0.0880. The standard InChI is InChI=1S/C10H15IO2/c1-9(5-6-11)3-2-4-10(9)12-7-8-13-10/h2-3H,4-8H2,1H3. The molecule has 1 spiro atoms. The van der Waals surface area contributed by atoms with Crippen molar-refractivity contribution in [3.05, 3.63) is 12.2 Å². The molecule has 2 aliphatic rings. The zero-order valence-corrected chi connectivity index (χ0v) is 10.0. The van der Waals surface area contributed by atoms with Crippen LogP contribution < -0.4 is 0 Å². The Kier molecular flexibility index (Phi) is 2.68. The Morgan fingerprint density at radius 3 is 2.69 bits per heavy atom. The summed E-state index contributed by atoms with van der Waals surface area (Å²) in [4.78, 5) is 0. The molecule has 1 atom stereocenters. The Morgan fingerprint density at radius 2 is 2.08 bits per heavy atom. The smallest absolute Gasteiger partial charge is 0.180 e. The Morgan fingerprint density at radius 1 is 1.38 bits per heavy atom. The van der Waals surface area contributed by atoms with Crippen molar-refractivity contribution in [2.75, 3.05) is 17.6 Å². The lowest BCUT2D eigenvalue weighted by Crippen LogP contribution is -2.43. The summed E-state index contributed by atoms with van der Waals surface area (Å²) in [5.74, 6) is -0.321. The van der Waals surface area contributed by atoms with E-state index in [1.165, 1.54) is 0 Å². The lowest BCUT2D eigenvalue weighted by Gasteiger charge is -2.38. The predicted octanol–water partition coefficient (Wildman–Crippen LogP) is 2.52. The van der Waals surface area contributed by atoms with Crippen LogP contribution in [-0.2, 0) is 9.47 Å². The van der Waals surface area contributed by atoms with Gasteiger partial charge in [-0.25, -0.2) is 0 Å². The molecule has 13 heavy (non-hydrogen) atoms. The molecule has 0 amide bonds. The van der Waals surface area contributed by atoms with E-state index in [4.69, 9.17) is 9.47 Å². The molecule has 3 heteroatoms. The maximum Gasteiger partial charge on any atom is 0.180 e. The van der Waals surface area contributed by atoms with Crippen LogP contribution in [0.25, 0.3) is 0 Å². The fourth-order valence-electron chi connectivity index (χ4n) is 2.21. The second-order valence-electron chi connectivity index (χ2n) is 3.91. The molecular formula is C10H15IO2. The van der Waals surface area contributed by atoms with Crippen molar-refractivity contribution < 1.29 is 9.47 Å². The van der Waals surface area contributed by atoms with Gasteiger partial charge in [-0.1, -0.05) is 41.7 Å². The summed E-state index contributed by atoms with van der Waals surface area (Å²) < 4.78 is 12.7. The van der Waals surface area contributed by atoms with Gasteiger partial charge in [0, 0.05) is 16.3 Å². The van der Waals surface area contributed by atoms with E-state index in [-0.39, 0.29) is 11.2 Å². The number of hydrogen-bond donors (Lipinski definition) is 0. The maximum absolute atomic E-state index is 5.78. The maximum atomic E-state index is 5.78. The molecule has 1 aliphatic heterocycles. The van der Waals surface area contributed by atoms with Gasteiger partial charge in [0.05, 0.1) is 13.2 Å². The first-order valence-electron chi connectivity index (χ1n) is 4.74. The SMILES string of the molecule is CC1(CCI)C=CCC12OCCO2. The van der Waals surface area contributed by atoms with Crippen molar-refractivity contribution in [3.63, 3.8) is 0 Å². The molecule has 1 aliphatic carbocycles. The molecule has 0 radical (unpaired) electrons. The topological polar surface area (TPSA) is 18.5 Å². The quantitative estimate of drug-likeness (QED) is 0.442. The highest BCUT2D eigenvalue weighted by Crippen LogP contribution is 2.49. The molecule has 0 saturated carbocycles. The fraction of sp³-hybridized carbons (Fsp3) is 0.800. The minimum atomic E-state index is -0.321. The number of halogens is 1. The van der Waals surface area contributed by atoms with Gasteiger partial charge < -0.3 is 9.47 Å². The van der Waals surface area contributed by atoms with E-state index in [9.17, 15) is 0 Å². The first-order chi connectivity index (χ1) is 6.22. The molecule has 0 aromatic heterocycles. The van der Waals surface area contributed by atoms with Gasteiger partial charge in [-0.3, -0.25) is 0 Å². The Hall–Kier alpha value is 0.390. The van der Waals surface area contributed by atoms with Crippen LogP contribution in [0, 0.1) is 5.41 Å². The summed E-state index contributed by atoms with van der Waals surface area (Å²) >= 11 is 2.41. The van der Waals surface area contributed by atoms with Gasteiger partial charge in [0.25, 0.3) is 0 Å². The molecular weight excluding hydrogens is 279 g/mol. The second kappa shape index (κ2) is 3.51. The summed E-state index contributed by atoms with van der Waals surface area (Å²) in [6.45, 7) is 3.73. The lowest BCUT2D eigenvalue weighted by molar-refractivity contribution is -0.208. The van der Waals surface area contributed by atoms with Crippen LogP contribution in [0.5, 0.6) is 0 Å². The van der Waals surface area contributed by atoms with Gasteiger partial charge in [0.15, 0.2) is 5.79 Å². The van der Waals surface area contributed by atoms with E-state index in [1.807, 2.05) is 0 Å². The van der Waals surface area contributed by atoms with Crippen LogP contribution >= 0.6 is 22.6 Å². The highest BCUT2D eigenvalue weighted by molar-refractivity contribution is 14.1. The molecule has 0 bridgehead atoms. The molecule has 2 rings (SSSR count). The van der Waals surface area contributed by atoms with Crippen molar-refractivity contribution in [1.29, 1.82) is 0 Å². The summed E-state index contributed by atoms with van der Waals surface area (Å²) in [6, 6.07) is 0. The van der Waals surface area contributed by atoms with Crippen LogP contribution in [0.15, 0.2) is 12.2 Å². The third kappa shape index (κ3) is 1.45. The normalized spacial score (nSPS) is 36.2. The zero-order valence-electron chi connectivity index (χ0n) is 7.88. The second-order valence-corrected chi connectivity index (χ2v) is 4.99. The van der Waals surface area contributed by atoms with E-state index in [0.717, 1.165) is 30.5 Å². The highest BCUT2D eigenvalue weighted by Gasteiger charge is 2.52. The van der Waals surface area contributed by atoms with Gasteiger partial charge in [-0.15, -0.1) is 0 Å². The third-order valence-corrected chi connectivity index (χ3v) is 3.65. The van der Waals surface area contributed by atoms with Crippen LogP contribution in [0.3, 0.4) is 0 Å². The van der Waals surface area contributed by atoms with E-state index in [1.54, 1.807) is 0 Å². The fourth-order valence-corrected chi connectivity index (χ4v) is 3.33. The molecule has 2 nitrogen and oxygen atoms in total. The van der Waals surface area contributed by atoms with Gasteiger partial charge in [-0.05, 0) is 6.42 Å². The monoisotopic (exact) mass is 294 g/mol. The highest BCUT2D eigenvalue weighted by atomic mass is 127. The van der Waals surface area contributed by atoms with E-state index in [2.05, 4.69) is 41.7 Å². The number of hydrogen-bond acceptors (Lipinski definition) is 2. The van der Waals surface area contributed by atoms with Crippen molar-refractivity contribution in [2.24, 2.45) is 5.41 Å². The van der Waals surface area contributed by atoms with Crippen LogP contribution in [0.1, 0.15) is 19.8 Å². The number of rotatable bonds is 2. The molecule has 1 heterocycles. The molecule has 0 N–H and O–H groups in total. The molecule has 0 aromatic carbocycles. The molecule has 1 unspecified atom stereocenters. The number of ether oxygens (including phenoxy) is 2. The summed E-state index contributed by atoms with van der Waals surface area (Å²) in [5.41, 5.74) is 0.0880. The van der Waals surface area contributed by atoms with Crippen molar-refractivity contribution >= 4 is 22.6 Å². The van der Waals surface area contributed by atoms with Crippen LogP contribution in [0.2, 0.25) is 0 Å². The van der Waals surface area contributed by atoms with E-state index >= 15 is 0 Å². The third-order valence-electron chi connectivity index (χ3n) is 3.11. The summed E-state index contributed by atoms with van der Waals surface area (Å²) in [5, 5.41) is 0.